The van der Waals surface area contributed by atoms with Gasteiger partial charge in [0.2, 0.25) is 5.91 Å². The van der Waals surface area contributed by atoms with Crippen LogP contribution in [0, 0.1) is 16.0 Å². The molecule has 150 valence electrons. The fraction of sp³-hybridized carbons (Fsp3) is 0.250. The summed E-state index contributed by atoms with van der Waals surface area (Å²) in [5, 5.41) is 18.8. The smallest absolute Gasteiger partial charge is 0.294 e. The number of benzene rings is 2. The van der Waals surface area contributed by atoms with Crippen LogP contribution in [-0.2, 0) is 4.79 Å². The van der Waals surface area contributed by atoms with E-state index in [0.717, 1.165) is 17.0 Å². The number of hydrogen-bond acceptors (Lipinski definition) is 6. The van der Waals surface area contributed by atoms with E-state index in [4.69, 9.17) is 0 Å². The van der Waals surface area contributed by atoms with Crippen molar-refractivity contribution in [3.63, 3.8) is 0 Å². The summed E-state index contributed by atoms with van der Waals surface area (Å²) >= 11 is 1.42. The monoisotopic (exact) mass is 411 g/mol. The van der Waals surface area contributed by atoms with Gasteiger partial charge in [0.15, 0.2) is 5.17 Å². The number of amidine groups is 1. The number of carbonyl (C=O) groups excluding carboxylic acids is 1. The van der Waals surface area contributed by atoms with E-state index in [1.165, 1.54) is 17.8 Å². The van der Waals surface area contributed by atoms with Crippen LogP contribution in [0.2, 0.25) is 0 Å². The highest BCUT2D eigenvalue weighted by Gasteiger charge is 2.16. The zero-order valence-electron chi connectivity index (χ0n) is 16.1. The first-order valence-corrected chi connectivity index (χ1v) is 10.1. The van der Waals surface area contributed by atoms with Gasteiger partial charge < -0.3 is 5.32 Å². The number of anilines is 1. The topological polar surface area (TPSA) is 109 Å². The van der Waals surface area contributed by atoms with Gasteiger partial charge in [-0.3, -0.25) is 20.3 Å². The molecule has 1 heterocycles. The molecule has 0 unspecified atom stereocenters. The van der Waals surface area contributed by atoms with Crippen molar-refractivity contribution in [1.82, 2.24) is 5.43 Å². The Hall–Kier alpha value is -3.20. The van der Waals surface area contributed by atoms with Crippen molar-refractivity contribution in [1.29, 1.82) is 0 Å². The number of nitro benzene ring substituents is 1. The quantitative estimate of drug-likeness (QED) is 0.544. The molecule has 2 aromatic carbocycles. The zero-order valence-corrected chi connectivity index (χ0v) is 16.9. The van der Waals surface area contributed by atoms with Crippen LogP contribution in [0.3, 0.4) is 0 Å². The average Bonchev–Trinajstić information content (AvgIpc) is 2.69. The van der Waals surface area contributed by atoms with Gasteiger partial charge in [0.05, 0.1) is 10.6 Å². The fourth-order valence-corrected chi connectivity index (χ4v) is 3.45. The second-order valence-electron chi connectivity index (χ2n) is 6.85. The minimum absolute atomic E-state index is 0.00385. The highest BCUT2D eigenvalue weighted by atomic mass is 32.2. The van der Waals surface area contributed by atoms with Crippen molar-refractivity contribution in [2.24, 2.45) is 16.0 Å². The zero-order chi connectivity index (χ0) is 20.8. The first-order valence-electron chi connectivity index (χ1n) is 9.10. The Kier molecular flexibility index (Phi) is 6.61. The second kappa shape index (κ2) is 9.33. The number of nitro groups is 1. The van der Waals surface area contributed by atoms with Crippen LogP contribution in [0.5, 0.6) is 0 Å². The van der Waals surface area contributed by atoms with Crippen LogP contribution < -0.4 is 10.7 Å². The largest absolute Gasteiger partial charge is 0.326 e. The number of carbonyl (C=O) groups is 1. The normalized spacial score (nSPS) is 15.0. The molecule has 0 fully saturated rings. The molecule has 3 rings (SSSR count). The molecule has 0 radical (unpaired) electrons. The van der Waals surface area contributed by atoms with Crippen molar-refractivity contribution in [3.8, 4) is 0 Å². The predicted molar refractivity (Wildman–Crippen MR) is 117 cm³/mol. The first-order chi connectivity index (χ1) is 13.9. The van der Waals surface area contributed by atoms with E-state index in [1.54, 1.807) is 18.2 Å². The summed E-state index contributed by atoms with van der Waals surface area (Å²) in [5.74, 6) is 0.879. The molecule has 0 spiro atoms. The maximum absolute atomic E-state index is 11.9. The Morgan fingerprint density at radius 3 is 2.62 bits per heavy atom. The lowest BCUT2D eigenvalue weighted by molar-refractivity contribution is -0.384. The SMILES string of the molecule is CC(C)CC(=O)Nc1ccc(C2=NNC(=Nc3ccccc3[N+](=O)[O-])SC2)cc1. The summed E-state index contributed by atoms with van der Waals surface area (Å²) in [4.78, 5) is 26.8. The van der Waals surface area contributed by atoms with Gasteiger partial charge in [0, 0.05) is 23.9 Å². The number of nitrogens with one attached hydrogen (secondary N) is 2. The summed E-state index contributed by atoms with van der Waals surface area (Å²) in [6, 6.07) is 13.8. The van der Waals surface area contributed by atoms with Crippen LogP contribution in [0.4, 0.5) is 17.1 Å². The summed E-state index contributed by atoms with van der Waals surface area (Å²) in [5.41, 5.74) is 5.60. The fourth-order valence-electron chi connectivity index (χ4n) is 2.67. The molecule has 0 saturated carbocycles. The number of nitrogens with zero attached hydrogens (tertiary/aromatic N) is 3. The van der Waals surface area contributed by atoms with Crippen LogP contribution in [0.25, 0.3) is 0 Å². The van der Waals surface area contributed by atoms with Gasteiger partial charge in [-0.2, -0.15) is 5.10 Å². The molecule has 8 nitrogen and oxygen atoms in total. The van der Waals surface area contributed by atoms with E-state index in [2.05, 4.69) is 20.8 Å². The molecule has 0 aromatic heterocycles. The minimum atomic E-state index is -0.455. The van der Waals surface area contributed by atoms with E-state index in [9.17, 15) is 14.9 Å². The molecule has 29 heavy (non-hydrogen) atoms. The molecule has 1 amide bonds. The van der Waals surface area contributed by atoms with Gasteiger partial charge in [-0.25, -0.2) is 4.99 Å². The Bertz CT molecular complexity index is 970. The average molecular weight is 411 g/mol. The van der Waals surface area contributed by atoms with Crippen LogP contribution in [0.1, 0.15) is 25.8 Å². The Morgan fingerprint density at radius 1 is 1.28 bits per heavy atom. The third-order valence-corrected chi connectivity index (χ3v) is 4.90. The van der Waals surface area contributed by atoms with Gasteiger partial charge in [0.1, 0.15) is 5.69 Å². The van der Waals surface area contributed by atoms with Crippen molar-refractivity contribution >= 4 is 45.6 Å². The second-order valence-corrected chi connectivity index (χ2v) is 7.81. The van der Waals surface area contributed by atoms with Crippen molar-refractivity contribution in [2.45, 2.75) is 20.3 Å². The molecule has 2 N–H and O–H groups in total. The molecular formula is C20H21N5O3S. The lowest BCUT2D eigenvalue weighted by Gasteiger charge is -2.15. The highest BCUT2D eigenvalue weighted by molar-refractivity contribution is 8.14. The molecule has 1 aliphatic rings. The maximum atomic E-state index is 11.9. The van der Waals surface area contributed by atoms with Crippen LogP contribution in [0.15, 0.2) is 58.6 Å². The predicted octanol–water partition coefficient (Wildman–Crippen LogP) is 4.31. The standard InChI is InChI=1S/C20H21N5O3S/c1-13(2)11-19(26)21-15-9-7-14(8-10-15)17-12-29-20(24-23-17)22-16-5-3-4-6-18(16)25(27)28/h3-10,13H,11-12H2,1-2H3,(H,21,26)(H,22,24). The van der Waals surface area contributed by atoms with Gasteiger partial charge in [0.25, 0.3) is 5.69 Å². The number of amides is 1. The first kappa shape index (κ1) is 20.5. The number of hydrazone groups is 1. The molecule has 1 aliphatic heterocycles. The number of hydrogen-bond donors (Lipinski definition) is 2. The van der Waals surface area contributed by atoms with Crippen molar-refractivity contribution in [3.05, 3.63) is 64.2 Å². The summed E-state index contributed by atoms with van der Waals surface area (Å²) in [7, 11) is 0. The maximum Gasteiger partial charge on any atom is 0.294 e. The van der Waals surface area contributed by atoms with Crippen molar-refractivity contribution < 1.29 is 9.72 Å². The van der Waals surface area contributed by atoms with Gasteiger partial charge >= 0.3 is 0 Å². The Balaban J connectivity index is 1.67. The summed E-state index contributed by atoms with van der Waals surface area (Å²) in [6.07, 6.45) is 0.483. The lowest BCUT2D eigenvalue weighted by Crippen LogP contribution is -2.25. The van der Waals surface area contributed by atoms with E-state index in [1.807, 2.05) is 38.1 Å². The number of para-hydroxylation sites is 2. The van der Waals surface area contributed by atoms with Crippen LogP contribution in [-0.4, -0.2) is 27.5 Å². The van der Waals surface area contributed by atoms with Gasteiger partial charge in [-0.15, -0.1) is 0 Å². The van der Waals surface area contributed by atoms with Gasteiger partial charge in [-0.05, 0) is 29.7 Å². The molecule has 2 aromatic rings. The summed E-state index contributed by atoms with van der Waals surface area (Å²) < 4.78 is 0. The Morgan fingerprint density at radius 2 is 2.00 bits per heavy atom. The number of rotatable bonds is 6. The minimum Gasteiger partial charge on any atom is -0.326 e. The van der Waals surface area contributed by atoms with Crippen LogP contribution >= 0.6 is 11.8 Å². The van der Waals surface area contributed by atoms with Gasteiger partial charge in [-0.1, -0.05) is 49.9 Å². The Labute approximate surface area is 172 Å². The molecule has 0 saturated heterocycles. The molecular weight excluding hydrogens is 390 g/mol. The van der Waals surface area contributed by atoms with E-state index in [-0.39, 0.29) is 17.3 Å². The lowest BCUT2D eigenvalue weighted by atomic mass is 10.1. The van der Waals surface area contributed by atoms with E-state index in [0.29, 0.717) is 23.3 Å². The molecule has 0 atom stereocenters. The number of aliphatic imine (C=N–C) groups is 1. The third-order valence-electron chi connectivity index (χ3n) is 4.03. The number of thioether (sulfide) groups is 1. The molecule has 0 aliphatic carbocycles. The molecule has 9 heteroatoms. The summed E-state index contributed by atoms with van der Waals surface area (Å²) in [6.45, 7) is 4.00. The van der Waals surface area contributed by atoms with E-state index < -0.39 is 4.92 Å². The van der Waals surface area contributed by atoms with E-state index >= 15 is 0 Å². The highest BCUT2D eigenvalue weighted by Crippen LogP contribution is 2.28. The molecule has 0 bridgehead atoms. The van der Waals surface area contributed by atoms with Crippen molar-refractivity contribution in [2.75, 3.05) is 11.1 Å². The third kappa shape index (κ3) is 5.64.